The van der Waals surface area contributed by atoms with Crippen LogP contribution in [0.2, 0.25) is 0 Å². The zero-order chi connectivity index (χ0) is 7.68. The van der Waals surface area contributed by atoms with Gasteiger partial charge in [-0.15, -0.1) is 12.4 Å². The summed E-state index contributed by atoms with van der Waals surface area (Å²) in [6, 6.07) is 2.00. The molecule has 0 radical (unpaired) electrons. The van der Waals surface area contributed by atoms with E-state index in [0.717, 1.165) is 12.0 Å². The number of rotatable bonds is 0. The molecule has 0 bridgehead atoms. The summed E-state index contributed by atoms with van der Waals surface area (Å²) in [5, 5.41) is 0. The molecule has 64 valence electrons. The van der Waals surface area contributed by atoms with Gasteiger partial charge in [-0.1, -0.05) is 0 Å². The van der Waals surface area contributed by atoms with Gasteiger partial charge in [-0.05, 0) is 23.6 Å². The molecule has 1 aliphatic carbocycles. The lowest BCUT2D eigenvalue weighted by Gasteiger charge is -2.12. The normalized spacial score (nSPS) is 14.8. The smallest absolute Gasteiger partial charge is 0.137 e. The first kappa shape index (κ1) is 9.20. The number of halogens is 1. The molecular weight excluding hydrogens is 174 g/mol. The molecule has 1 aliphatic rings. The van der Waals surface area contributed by atoms with Gasteiger partial charge in [0.25, 0.3) is 0 Å². The number of ketones is 1. The lowest BCUT2D eigenvalue weighted by Crippen LogP contribution is -2.13. The van der Waals surface area contributed by atoms with Gasteiger partial charge >= 0.3 is 0 Å². The fraction of sp³-hybridized carbons (Fsp3) is 0.333. The van der Waals surface area contributed by atoms with Gasteiger partial charge in [-0.25, -0.2) is 0 Å². The third-order valence-electron chi connectivity index (χ3n) is 2.07. The van der Waals surface area contributed by atoms with Crippen molar-refractivity contribution in [3.63, 3.8) is 0 Å². The van der Waals surface area contributed by atoms with Crippen molar-refractivity contribution in [2.75, 3.05) is 0 Å². The maximum atomic E-state index is 11.0. The molecule has 0 saturated carbocycles. The molecule has 0 unspecified atom stereocenters. The molecule has 0 saturated heterocycles. The van der Waals surface area contributed by atoms with Gasteiger partial charge < -0.3 is 0 Å². The molecular formula is C9H10ClNO. The van der Waals surface area contributed by atoms with Crippen molar-refractivity contribution in [3.8, 4) is 0 Å². The fourth-order valence-corrected chi connectivity index (χ4v) is 1.43. The number of aryl methyl sites for hydroxylation is 1. The van der Waals surface area contributed by atoms with Gasteiger partial charge in [-0.2, -0.15) is 0 Å². The van der Waals surface area contributed by atoms with Gasteiger partial charge in [0.15, 0.2) is 0 Å². The Labute approximate surface area is 77.4 Å². The first-order chi connectivity index (χ1) is 5.36. The Morgan fingerprint density at radius 1 is 1.25 bits per heavy atom. The van der Waals surface area contributed by atoms with Crippen molar-refractivity contribution in [2.45, 2.75) is 19.3 Å². The predicted molar refractivity (Wildman–Crippen MR) is 48.5 cm³/mol. The topological polar surface area (TPSA) is 30.0 Å². The minimum Gasteiger partial charge on any atom is -0.299 e. The molecule has 0 N–H and O–H groups in total. The summed E-state index contributed by atoms with van der Waals surface area (Å²) in [7, 11) is 0. The standard InChI is InChI=1S/C9H9NO.ClH/c11-9-2-1-7-3-4-10-6-8(7)5-9;/h3-4,6H,1-2,5H2;1H. The maximum Gasteiger partial charge on any atom is 0.137 e. The predicted octanol–water partition coefficient (Wildman–Crippen LogP) is 1.56. The Morgan fingerprint density at radius 3 is 2.92 bits per heavy atom. The van der Waals surface area contributed by atoms with Gasteiger partial charge in [0.2, 0.25) is 0 Å². The number of hydrogen-bond acceptors (Lipinski definition) is 2. The SMILES string of the molecule is Cl.O=C1CCc2ccncc2C1. The Hall–Kier alpha value is -0.890. The summed E-state index contributed by atoms with van der Waals surface area (Å²) in [4.78, 5) is 15.0. The molecule has 0 spiro atoms. The van der Waals surface area contributed by atoms with Crippen LogP contribution in [-0.2, 0) is 17.6 Å². The maximum absolute atomic E-state index is 11.0. The Balaban J connectivity index is 0.000000720. The second-order valence-electron chi connectivity index (χ2n) is 2.86. The number of fused-ring (bicyclic) bond motifs is 1. The summed E-state index contributed by atoms with van der Waals surface area (Å²) in [5.41, 5.74) is 2.41. The Kier molecular flexibility index (Phi) is 2.82. The van der Waals surface area contributed by atoms with Crippen LogP contribution in [0.3, 0.4) is 0 Å². The summed E-state index contributed by atoms with van der Waals surface area (Å²) in [6.45, 7) is 0. The molecule has 0 atom stereocenters. The summed E-state index contributed by atoms with van der Waals surface area (Å²) < 4.78 is 0. The van der Waals surface area contributed by atoms with Crippen LogP contribution in [0.25, 0.3) is 0 Å². The van der Waals surface area contributed by atoms with Crippen LogP contribution in [0.5, 0.6) is 0 Å². The van der Waals surface area contributed by atoms with Crippen LogP contribution in [0.15, 0.2) is 18.5 Å². The first-order valence-electron chi connectivity index (χ1n) is 3.80. The van der Waals surface area contributed by atoms with Crippen LogP contribution in [0.1, 0.15) is 17.5 Å². The number of Topliss-reactive ketones (excluding diaryl/α,β-unsaturated/α-hetero) is 1. The highest BCUT2D eigenvalue weighted by molar-refractivity contribution is 5.85. The van der Waals surface area contributed by atoms with Gasteiger partial charge in [0.1, 0.15) is 5.78 Å². The number of aromatic nitrogens is 1. The molecule has 2 rings (SSSR count). The highest BCUT2D eigenvalue weighted by Gasteiger charge is 2.14. The third kappa shape index (κ3) is 1.64. The number of carbonyl (C=O) groups excluding carboxylic acids is 1. The van der Waals surface area contributed by atoms with E-state index in [1.807, 2.05) is 6.07 Å². The van der Waals surface area contributed by atoms with Crippen molar-refractivity contribution in [1.82, 2.24) is 4.98 Å². The van der Waals surface area contributed by atoms with Gasteiger partial charge in [-0.3, -0.25) is 9.78 Å². The third-order valence-corrected chi connectivity index (χ3v) is 2.07. The van der Waals surface area contributed by atoms with Gasteiger partial charge in [0, 0.05) is 25.2 Å². The van der Waals surface area contributed by atoms with Crippen LogP contribution in [0, 0.1) is 0 Å². The van der Waals surface area contributed by atoms with Crippen molar-refractivity contribution in [3.05, 3.63) is 29.6 Å². The van der Waals surface area contributed by atoms with Crippen molar-refractivity contribution in [2.24, 2.45) is 0 Å². The minimum absolute atomic E-state index is 0. The molecule has 0 aliphatic heterocycles. The second kappa shape index (κ2) is 3.68. The molecule has 0 fully saturated rings. The monoisotopic (exact) mass is 183 g/mol. The number of carbonyl (C=O) groups is 1. The van der Waals surface area contributed by atoms with E-state index in [2.05, 4.69) is 4.98 Å². The van der Waals surface area contributed by atoms with Crippen LogP contribution < -0.4 is 0 Å². The van der Waals surface area contributed by atoms with Crippen molar-refractivity contribution in [1.29, 1.82) is 0 Å². The quantitative estimate of drug-likeness (QED) is 0.611. The lowest BCUT2D eigenvalue weighted by atomic mass is 9.93. The van der Waals surface area contributed by atoms with E-state index in [0.29, 0.717) is 18.6 Å². The highest BCUT2D eigenvalue weighted by atomic mass is 35.5. The van der Waals surface area contributed by atoms with E-state index >= 15 is 0 Å². The van der Waals surface area contributed by atoms with Crippen LogP contribution >= 0.6 is 12.4 Å². The zero-order valence-corrected chi connectivity index (χ0v) is 7.43. The van der Waals surface area contributed by atoms with E-state index < -0.39 is 0 Å². The largest absolute Gasteiger partial charge is 0.299 e. The number of nitrogens with zero attached hydrogens (tertiary/aromatic N) is 1. The van der Waals surface area contributed by atoms with Crippen LogP contribution in [-0.4, -0.2) is 10.8 Å². The minimum atomic E-state index is 0. The Morgan fingerprint density at radius 2 is 2.08 bits per heavy atom. The molecule has 2 nitrogen and oxygen atoms in total. The molecule has 0 aromatic carbocycles. The van der Waals surface area contributed by atoms with Gasteiger partial charge in [0.05, 0.1) is 0 Å². The molecule has 1 aromatic heterocycles. The van der Waals surface area contributed by atoms with Crippen molar-refractivity contribution >= 4 is 18.2 Å². The van der Waals surface area contributed by atoms with E-state index in [9.17, 15) is 4.79 Å². The summed E-state index contributed by atoms with van der Waals surface area (Å²) in [6.07, 6.45) is 5.78. The first-order valence-corrected chi connectivity index (χ1v) is 3.80. The lowest BCUT2D eigenvalue weighted by molar-refractivity contribution is -0.118. The summed E-state index contributed by atoms with van der Waals surface area (Å²) in [5.74, 6) is 0.338. The average molecular weight is 184 g/mol. The van der Waals surface area contributed by atoms with Crippen molar-refractivity contribution < 1.29 is 4.79 Å². The second-order valence-corrected chi connectivity index (χ2v) is 2.86. The number of hydrogen-bond donors (Lipinski definition) is 0. The van der Waals surface area contributed by atoms with Crippen LogP contribution in [0.4, 0.5) is 0 Å². The zero-order valence-electron chi connectivity index (χ0n) is 6.62. The fourth-order valence-electron chi connectivity index (χ4n) is 1.43. The van der Waals surface area contributed by atoms with E-state index in [1.54, 1.807) is 12.4 Å². The van der Waals surface area contributed by atoms with E-state index in [1.165, 1.54) is 5.56 Å². The Bertz CT molecular complexity index is 298. The summed E-state index contributed by atoms with van der Waals surface area (Å²) >= 11 is 0. The average Bonchev–Trinajstić information content (AvgIpc) is 2.04. The molecule has 0 amide bonds. The molecule has 1 heterocycles. The highest BCUT2D eigenvalue weighted by Crippen LogP contribution is 2.16. The molecule has 12 heavy (non-hydrogen) atoms. The number of pyridine rings is 1. The molecule has 1 aromatic rings. The van der Waals surface area contributed by atoms with E-state index in [4.69, 9.17) is 0 Å². The molecule has 3 heteroatoms. The van der Waals surface area contributed by atoms with E-state index in [-0.39, 0.29) is 12.4 Å².